The van der Waals surface area contributed by atoms with E-state index in [0.717, 1.165) is 151 Å². The average Bonchev–Trinajstić information content (AvgIpc) is 1.24. The summed E-state index contributed by atoms with van der Waals surface area (Å²) in [5.74, 6) is 2.55. The van der Waals surface area contributed by atoms with Crippen molar-refractivity contribution in [2.24, 2.45) is 5.92 Å². The molecule has 8 N–H and O–H groups in total. The third-order valence-corrected chi connectivity index (χ3v) is 24.1. The number of piperidine rings is 1. The minimum absolute atomic E-state index is 0.193. The van der Waals surface area contributed by atoms with Crippen LogP contribution in [0, 0.1) is 51.2 Å². The summed E-state index contributed by atoms with van der Waals surface area (Å²) in [7, 11) is 4.22. The summed E-state index contributed by atoms with van der Waals surface area (Å²) in [6, 6.07) is 68.9. The van der Waals surface area contributed by atoms with Crippen molar-refractivity contribution < 1.29 is 4.74 Å². The molecule has 0 spiro atoms. The highest BCUT2D eigenvalue weighted by Crippen LogP contribution is 2.42. The lowest BCUT2D eigenvalue weighted by Gasteiger charge is -2.29. The van der Waals surface area contributed by atoms with Crippen LogP contribution < -0.4 is 21.3 Å². The zero-order valence-electron chi connectivity index (χ0n) is 72.6. The third kappa shape index (κ3) is 21.5. The molecule has 2 fully saturated rings. The topological polar surface area (TPSA) is 415 Å². The van der Waals surface area contributed by atoms with Gasteiger partial charge >= 0.3 is 0 Å². The lowest BCUT2D eigenvalue weighted by molar-refractivity contribution is -0.0590. The smallest absolute Gasteiger partial charge is 0.183 e. The van der Waals surface area contributed by atoms with Gasteiger partial charge in [-0.15, -0.1) is 0 Å². The number of nitriles is 4. The molecule has 20 rings (SSSR count). The molecule has 34 heteroatoms. The second-order valence-electron chi connectivity index (χ2n) is 31.9. The standard InChI is InChI=1S/C26H26ClN7.C25H24ClN7O.C25H18ClN7.C24H17ClN8/c1-34-11-8-17(9-12-34)7-10-29-26-22(15-28)31-25(24(32-26)18-5-3-2-4-6-18)19-13-20-16-30-33-23(20)21(27)14-19;1-33-10-8-19(34-15-33)7-9-28-25-21(13-27)30-24(23(31-25)16-5-3-2-4-6-16)17-11-18-14-29-32-22(18)20(26)12-17;26-20-13-18(12-19-15-30-33-22(19)20)24-23(17-4-2-1-3-5-17)32-25(21(14-27)31-24)29-11-8-16-6-9-28-10-7-16;25-19-11-16(10-17-13-30-33-21(17)19)23-22(15-4-2-1-3-5-15)32-24(20(12-26)31-23)28-9-7-18-6-8-27-14-29-18/h2-6,13-14,16-17H,7-12H2,1H3,(H,29,32)(H,30,33);2-6,11-12,14,19H,7-10,15H2,1H3,(H,28,31)(H,29,32);1-7,9-10,12-13,15H,8,11H2,(H,29,32)(H,30,33);1-6,8,10-11,13-14H,7,9H2,(H,28,32)(H,30,33). The Morgan fingerprint density at radius 2 is 0.694 bits per heavy atom. The number of hydrogen-bond acceptors (Lipinski definition) is 26. The van der Waals surface area contributed by atoms with E-state index < -0.39 is 0 Å². The molecular formula is C100H85Cl4N29O. The zero-order valence-corrected chi connectivity index (χ0v) is 75.6. The number of rotatable bonds is 24. The molecule has 2 aliphatic rings. The summed E-state index contributed by atoms with van der Waals surface area (Å²) in [5, 5.41) is 86.1. The quantitative estimate of drug-likeness (QED) is 0.0278. The first-order valence-corrected chi connectivity index (χ1v) is 44.8. The fourth-order valence-corrected chi connectivity index (χ4v) is 16.9. The van der Waals surface area contributed by atoms with Gasteiger partial charge in [-0.25, -0.2) is 49.8 Å². The number of fused-ring (bicyclic) bond motifs is 4. The molecule has 2 saturated heterocycles. The summed E-state index contributed by atoms with van der Waals surface area (Å²) in [6.07, 6.45) is 20.5. The lowest BCUT2D eigenvalue weighted by atomic mass is 9.94. The van der Waals surface area contributed by atoms with E-state index >= 15 is 0 Å². The summed E-state index contributed by atoms with van der Waals surface area (Å²) >= 11 is 26.0. The van der Waals surface area contributed by atoms with Crippen LogP contribution >= 0.6 is 46.4 Å². The van der Waals surface area contributed by atoms with Crippen molar-refractivity contribution in [3.05, 3.63) is 292 Å². The van der Waals surface area contributed by atoms with Gasteiger partial charge in [0, 0.05) is 129 Å². The number of hydrogen-bond donors (Lipinski definition) is 8. The molecule has 0 aliphatic carbocycles. The van der Waals surface area contributed by atoms with Crippen LogP contribution in [0.3, 0.4) is 0 Å². The van der Waals surface area contributed by atoms with E-state index in [1.807, 2.05) is 195 Å². The third-order valence-electron chi connectivity index (χ3n) is 22.9. The van der Waals surface area contributed by atoms with E-state index in [-0.39, 0.29) is 28.9 Å². The number of aromatic amines is 4. The predicted octanol–water partition coefficient (Wildman–Crippen LogP) is 20.0. The minimum atomic E-state index is 0.193. The fourth-order valence-electron chi connectivity index (χ4n) is 15.9. The van der Waals surface area contributed by atoms with Crippen molar-refractivity contribution in [3.8, 4) is 114 Å². The lowest BCUT2D eigenvalue weighted by Crippen LogP contribution is -2.36. The number of nitrogens with zero attached hydrogens (tertiary/aromatic N) is 21. The van der Waals surface area contributed by atoms with Gasteiger partial charge in [-0.3, -0.25) is 30.3 Å². The van der Waals surface area contributed by atoms with E-state index in [2.05, 4.69) is 118 Å². The molecule has 664 valence electrons. The van der Waals surface area contributed by atoms with Gasteiger partial charge in [-0.1, -0.05) is 168 Å². The van der Waals surface area contributed by atoms with E-state index in [1.165, 1.54) is 19.2 Å². The van der Waals surface area contributed by atoms with E-state index in [1.54, 1.807) is 43.4 Å². The Morgan fingerprint density at radius 3 is 1.03 bits per heavy atom. The number of halogens is 4. The highest BCUT2D eigenvalue weighted by Gasteiger charge is 2.27. The summed E-state index contributed by atoms with van der Waals surface area (Å²) in [4.78, 5) is 55.1. The van der Waals surface area contributed by atoms with Crippen LogP contribution in [0.1, 0.15) is 66.1 Å². The van der Waals surface area contributed by atoms with Crippen molar-refractivity contribution in [3.63, 3.8) is 0 Å². The molecule has 10 aromatic heterocycles. The van der Waals surface area contributed by atoms with Crippen LogP contribution in [0.2, 0.25) is 20.1 Å². The van der Waals surface area contributed by atoms with Crippen molar-refractivity contribution in [1.82, 2.24) is 105 Å². The normalized spacial score (nSPS) is 13.3. The van der Waals surface area contributed by atoms with Gasteiger partial charge in [0.2, 0.25) is 0 Å². The molecule has 134 heavy (non-hydrogen) atoms. The second-order valence-corrected chi connectivity index (χ2v) is 33.6. The number of ether oxygens (including phenoxy) is 1. The minimum Gasteiger partial charge on any atom is -0.368 e. The molecule has 12 heterocycles. The van der Waals surface area contributed by atoms with Crippen LogP contribution in [-0.4, -0.2) is 178 Å². The van der Waals surface area contributed by atoms with Gasteiger partial charge in [-0.2, -0.15) is 41.4 Å². The number of anilines is 4. The molecule has 8 aromatic carbocycles. The van der Waals surface area contributed by atoms with Crippen molar-refractivity contribution in [2.45, 2.75) is 51.0 Å². The first kappa shape index (κ1) is 90.3. The molecule has 0 radical (unpaired) electrons. The van der Waals surface area contributed by atoms with Crippen molar-refractivity contribution >= 4 is 113 Å². The Morgan fingerprint density at radius 1 is 0.366 bits per heavy atom. The first-order valence-electron chi connectivity index (χ1n) is 43.3. The van der Waals surface area contributed by atoms with Gasteiger partial charge in [0.1, 0.15) is 30.6 Å². The number of pyridine rings is 1. The highest BCUT2D eigenvalue weighted by atomic mass is 35.5. The molecule has 0 amide bonds. The van der Waals surface area contributed by atoms with Gasteiger partial charge in [0.15, 0.2) is 46.0 Å². The molecule has 1 unspecified atom stereocenters. The predicted molar refractivity (Wildman–Crippen MR) is 523 cm³/mol. The van der Waals surface area contributed by atoms with Crippen molar-refractivity contribution in [1.29, 1.82) is 21.0 Å². The molecule has 0 bridgehead atoms. The Labute approximate surface area is 790 Å². The molecule has 0 saturated carbocycles. The van der Waals surface area contributed by atoms with Crippen molar-refractivity contribution in [2.75, 3.05) is 87.9 Å². The molecule has 1 atom stereocenters. The maximum atomic E-state index is 9.88. The Hall–Kier alpha value is -15.6. The molecular weight excluding hydrogens is 1770 g/mol. The summed E-state index contributed by atoms with van der Waals surface area (Å²) in [5.41, 5.74) is 17.8. The molecule has 2 aliphatic heterocycles. The Kier molecular flexibility index (Phi) is 29.0. The number of aromatic nitrogens is 19. The highest BCUT2D eigenvalue weighted by molar-refractivity contribution is 6.37. The van der Waals surface area contributed by atoms with Crippen LogP contribution in [0.4, 0.5) is 23.3 Å². The van der Waals surface area contributed by atoms with E-state index in [4.69, 9.17) is 91.0 Å². The maximum Gasteiger partial charge on any atom is 0.183 e. The summed E-state index contributed by atoms with van der Waals surface area (Å²) < 4.78 is 5.86. The maximum absolute atomic E-state index is 9.88. The van der Waals surface area contributed by atoms with Gasteiger partial charge in [0.25, 0.3) is 0 Å². The number of benzene rings is 8. The van der Waals surface area contributed by atoms with Gasteiger partial charge in [0.05, 0.1) is 125 Å². The fraction of sp³-hybridized carbons (Fsp3) is 0.190. The second kappa shape index (κ2) is 43.0. The number of nitrogens with one attached hydrogen (secondary N) is 8. The number of likely N-dealkylation sites (tertiary alicyclic amines) is 1. The van der Waals surface area contributed by atoms with Crippen LogP contribution in [-0.2, 0) is 17.6 Å². The largest absolute Gasteiger partial charge is 0.368 e. The van der Waals surface area contributed by atoms with Crippen LogP contribution in [0.15, 0.2) is 238 Å². The molecule has 18 aromatic rings. The van der Waals surface area contributed by atoms with E-state index in [9.17, 15) is 21.0 Å². The Balaban J connectivity index is 0.000000124. The zero-order chi connectivity index (χ0) is 92.2. The Bertz CT molecular complexity index is 6900. The summed E-state index contributed by atoms with van der Waals surface area (Å²) in [6.45, 7) is 6.49. The van der Waals surface area contributed by atoms with Gasteiger partial charge < -0.3 is 30.9 Å². The molecule has 30 nitrogen and oxygen atoms in total. The average molecular weight is 1850 g/mol. The first-order chi connectivity index (χ1) is 65.7. The van der Waals surface area contributed by atoms with Crippen LogP contribution in [0.5, 0.6) is 0 Å². The SMILES string of the molecule is CN1CCC(CCNc2nc(-c3ccccc3)c(-c3cc(Cl)c4[nH]ncc4c3)nc2C#N)CC1.CN1CCC(CCNc2nc(-c3ccccc3)c(-c3cc(Cl)c4[nH]ncc4c3)nc2C#N)OC1.N#Cc1nc(-c2cc(Cl)c3[nH]ncc3c2)c(-c2ccccc2)nc1NCCc1ccncc1.N#Cc1nc(-c2cc(Cl)c3[nH]ncc3c2)c(-c2ccccc2)nc1NCCc1ccncn1. The monoisotopic (exact) mass is 1850 g/mol. The van der Waals surface area contributed by atoms with Gasteiger partial charge in [-0.05, 0) is 144 Å². The number of H-pyrrole nitrogens is 4. The van der Waals surface area contributed by atoms with E-state index in [0.29, 0.717) is 128 Å². The van der Waals surface area contributed by atoms with Crippen LogP contribution in [0.25, 0.3) is 134 Å².